The second-order valence-corrected chi connectivity index (χ2v) is 10.5. The molecule has 2 unspecified atom stereocenters. The number of hydrogen-bond acceptors (Lipinski definition) is 4. The smallest absolute Gasteiger partial charge is 0.377 e. The van der Waals surface area contributed by atoms with Crippen molar-refractivity contribution in [3.63, 3.8) is 0 Å². The Morgan fingerprint density at radius 3 is 1.39 bits per heavy atom. The zero-order chi connectivity index (χ0) is 25.7. The van der Waals surface area contributed by atoms with Crippen LogP contribution in [-0.4, -0.2) is 74.2 Å². The maximum Gasteiger partial charge on any atom is 0.377 e. The number of carboxylic acid groups (broad SMARTS) is 2. The van der Waals surface area contributed by atoms with Crippen molar-refractivity contribution in [2.75, 3.05) is 14.1 Å². The molecule has 0 radical (unpaired) electrons. The molecular formula is C26H52NO6+. The summed E-state index contributed by atoms with van der Waals surface area (Å²) in [4.78, 5) is 24.8. The summed E-state index contributed by atoms with van der Waals surface area (Å²) < 4.78 is -0.325. The van der Waals surface area contributed by atoms with Crippen LogP contribution in [0.3, 0.4) is 0 Å². The van der Waals surface area contributed by atoms with Crippen LogP contribution in [0.2, 0.25) is 0 Å². The summed E-state index contributed by atoms with van der Waals surface area (Å²) in [5.74, 6) is -2.77. The van der Waals surface area contributed by atoms with Gasteiger partial charge in [0.15, 0.2) is 0 Å². The third-order valence-electron chi connectivity index (χ3n) is 7.71. The molecule has 0 heterocycles. The van der Waals surface area contributed by atoms with E-state index in [1.807, 2.05) is 0 Å². The van der Waals surface area contributed by atoms with Crippen LogP contribution in [0.25, 0.3) is 0 Å². The number of likely N-dealkylation sites (N-methyl/N-ethyl adjacent to an activating group) is 1. The largest absolute Gasteiger partial charge is 0.476 e. The van der Waals surface area contributed by atoms with E-state index in [2.05, 4.69) is 6.92 Å². The number of hydrogen-bond donors (Lipinski definition) is 4. The molecule has 33 heavy (non-hydrogen) atoms. The van der Waals surface area contributed by atoms with Crippen molar-refractivity contribution in [1.29, 1.82) is 0 Å². The first-order chi connectivity index (χ1) is 15.3. The Balaban J connectivity index is 5.59. The van der Waals surface area contributed by atoms with Gasteiger partial charge in [0.25, 0.3) is 5.54 Å². The molecule has 0 fully saturated rings. The Labute approximate surface area is 201 Å². The predicted molar refractivity (Wildman–Crippen MR) is 132 cm³/mol. The second-order valence-electron chi connectivity index (χ2n) is 10.5. The number of aliphatic hydroxyl groups is 2. The minimum Gasteiger partial charge on any atom is -0.476 e. The summed E-state index contributed by atoms with van der Waals surface area (Å²) in [5, 5.41) is 40.9. The first kappa shape index (κ1) is 31.8. The number of rotatable bonds is 20. The molecule has 0 aliphatic heterocycles. The van der Waals surface area contributed by atoms with Gasteiger partial charge in [0.05, 0.1) is 26.3 Å². The Hall–Kier alpha value is -1.18. The molecule has 0 aliphatic carbocycles. The lowest BCUT2D eigenvalue weighted by molar-refractivity contribution is -0.974. The third kappa shape index (κ3) is 8.52. The summed E-state index contributed by atoms with van der Waals surface area (Å²) in [6.07, 6.45) is 11.0. The van der Waals surface area contributed by atoms with Crippen LogP contribution in [0, 0.1) is 0 Å². The topological polar surface area (TPSA) is 115 Å². The first-order valence-electron chi connectivity index (χ1n) is 13.0. The van der Waals surface area contributed by atoms with Crippen LogP contribution < -0.4 is 0 Å². The van der Waals surface area contributed by atoms with Gasteiger partial charge in [-0.25, -0.2) is 9.59 Å². The summed E-state index contributed by atoms with van der Waals surface area (Å²) in [6, 6.07) is 0. The monoisotopic (exact) mass is 474 g/mol. The van der Waals surface area contributed by atoms with E-state index in [1.165, 1.54) is 38.5 Å². The summed E-state index contributed by atoms with van der Waals surface area (Å²) in [6.45, 7) is 7.08. The molecule has 2 atom stereocenters. The van der Waals surface area contributed by atoms with Crippen LogP contribution >= 0.6 is 0 Å². The lowest BCUT2D eigenvalue weighted by Crippen LogP contribution is -2.77. The molecule has 0 saturated heterocycles. The molecule has 0 aromatic rings. The van der Waals surface area contributed by atoms with Gasteiger partial charge in [-0.3, -0.25) is 4.48 Å². The summed E-state index contributed by atoms with van der Waals surface area (Å²) in [5.41, 5.74) is -2.96. The zero-order valence-electron chi connectivity index (χ0n) is 22.1. The predicted octanol–water partition coefficient (Wildman–Crippen LogP) is 4.97. The lowest BCUT2D eigenvalue weighted by Gasteiger charge is -2.56. The minimum atomic E-state index is -2.07. The van der Waals surface area contributed by atoms with Gasteiger partial charge in [0.2, 0.25) is 0 Å². The number of carbonyl (C=O) groups is 2. The van der Waals surface area contributed by atoms with Gasteiger partial charge in [-0.2, -0.15) is 0 Å². The lowest BCUT2D eigenvalue weighted by atomic mass is 9.74. The fraction of sp³-hybridized carbons (Fsp3) is 0.923. The SMILES string of the molecule is CCCCCCCCCCCCC(CC(C)O)(CC(C)O)[N+](C)(C)C(CC)(C(=O)O)C(=O)O. The Bertz CT molecular complexity index is 549. The Morgan fingerprint density at radius 1 is 0.727 bits per heavy atom. The number of nitrogens with zero attached hydrogens (tertiary/aromatic N) is 1. The quantitative estimate of drug-likeness (QED) is 0.112. The molecule has 0 rings (SSSR count). The van der Waals surface area contributed by atoms with E-state index < -0.39 is 35.2 Å². The number of aliphatic hydroxyl groups excluding tert-OH is 2. The fourth-order valence-corrected chi connectivity index (χ4v) is 5.74. The highest BCUT2D eigenvalue weighted by atomic mass is 16.4. The Morgan fingerprint density at radius 2 is 1.09 bits per heavy atom. The molecule has 196 valence electrons. The van der Waals surface area contributed by atoms with Crippen LogP contribution in [0.15, 0.2) is 0 Å². The Kier molecular flexibility index (Phi) is 14.4. The van der Waals surface area contributed by atoms with Crippen molar-refractivity contribution in [1.82, 2.24) is 0 Å². The molecule has 0 bridgehead atoms. The standard InChI is InChI=1S/C26H51NO6/c1-7-9-10-11-12-13-14-15-16-17-18-25(19-21(3)28,20-22(4)29)27(5,6)26(8-2,23(30)31)24(32)33/h21-22,28-29H,7-20H2,1-6H3,(H-,30,31,32,33)/p+1. The number of aliphatic carboxylic acids is 2. The minimum absolute atomic E-state index is 0.0932. The molecule has 0 spiro atoms. The number of unbranched alkanes of at least 4 members (excludes halogenated alkanes) is 9. The van der Waals surface area contributed by atoms with Crippen molar-refractivity contribution >= 4 is 11.9 Å². The average molecular weight is 475 g/mol. The van der Waals surface area contributed by atoms with Crippen molar-refractivity contribution in [2.45, 2.75) is 141 Å². The molecule has 0 aliphatic rings. The van der Waals surface area contributed by atoms with E-state index in [1.54, 1.807) is 34.9 Å². The highest BCUT2D eigenvalue weighted by Gasteiger charge is 2.66. The molecular weight excluding hydrogens is 422 g/mol. The maximum absolute atomic E-state index is 12.4. The number of quaternary nitrogens is 1. The molecule has 0 amide bonds. The molecule has 0 aromatic heterocycles. The summed E-state index contributed by atoms with van der Waals surface area (Å²) in [7, 11) is 3.29. The first-order valence-corrected chi connectivity index (χ1v) is 13.0. The van der Waals surface area contributed by atoms with Crippen LogP contribution in [-0.2, 0) is 9.59 Å². The third-order valence-corrected chi connectivity index (χ3v) is 7.71. The zero-order valence-corrected chi connectivity index (χ0v) is 22.1. The van der Waals surface area contributed by atoms with Gasteiger partial charge in [-0.05, 0) is 20.3 Å². The van der Waals surface area contributed by atoms with Crippen LogP contribution in [0.4, 0.5) is 0 Å². The normalized spacial score (nSPS) is 16.2. The van der Waals surface area contributed by atoms with E-state index in [9.17, 15) is 30.0 Å². The van der Waals surface area contributed by atoms with E-state index in [4.69, 9.17) is 0 Å². The van der Waals surface area contributed by atoms with E-state index in [0.717, 1.165) is 25.7 Å². The molecule has 0 saturated carbocycles. The van der Waals surface area contributed by atoms with Gasteiger partial charge in [0.1, 0.15) is 5.54 Å². The van der Waals surface area contributed by atoms with E-state index in [0.29, 0.717) is 6.42 Å². The average Bonchev–Trinajstić information content (AvgIpc) is 2.68. The van der Waals surface area contributed by atoms with Gasteiger partial charge in [-0.15, -0.1) is 0 Å². The molecule has 7 heteroatoms. The molecule has 7 nitrogen and oxygen atoms in total. The highest BCUT2D eigenvalue weighted by Crippen LogP contribution is 2.44. The molecule has 4 N–H and O–H groups in total. The van der Waals surface area contributed by atoms with Crippen molar-refractivity contribution in [2.24, 2.45) is 0 Å². The second kappa shape index (κ2) is 14.9. The van der Waals surface area contributed by atoms with Crippen molar-refractivity contribution in [3.8, 4) is 0 Å². The van der Waals surface area contributed by atoms with Gasteiger partial charge < -0.3 is 20.4 Å². The van der Waals surface area contributed by atoms with Gasteiger partial charge in [0, 0.05) is 25.7 Å². The summed E-state index contributed by atoms with van der Waals surface area (Å²) >= 11 is 0. The molecule has 0 aromatic carbocycles. The maximum atomic E-state index is 12.4. The fourth-order valence-electron chi connectivity index (χ4n) is 5.74. The number of carboxylic acids is 2. The van der Waals surface area contributed by atoms with Crippen molar-refractivity contribution < 1.29 is 34.5 Å². The van der Waals surface area contributed by atoms with Crippen LogP contribution in [0.1, 0.15) is 118 Å². The van der Waals surface area contributed by atoms with E-state index >= 15 is 0 Å². The van der Waals surface area contributed by atoms with E-state index in [-0.39, 0.29) is 23.7 Å². The van der Waals surface area contributed by atoms with Crippen LogP contribution in [0.5, 0.6) is 0 Å². The highest BCUT2D eigenvalue weighted by molar-refractivity contribution is 6.01. The van der Waals surface area contributed by atoms with Crippen molar-refractivity contribution in [3.05, 3.63) is 0 Å². The van der Waals surface area contributed by atoms with Gasteiger partial charge in [-0.1, -0.05) is 71.6 Å². The van der Waals surface area contributed by atoms with Gasteiger partial charge >= 0.3 is 11.9 Å².